The quantitative estimate of drug-likeness (QED) is 0.227. The monoisotopic (exact) mass is 732 g/mol. The van der Waals surface area contributed by atoms with Crippen LogP contribution in [-0.2, 0) is 20.8 Å². The van der Waals surface area contributed by atoms with Gasteiger partial charge in [0.05, 0.1) is 19.0 Å². The molecule has 7 aliphatic rings. The number of urea groups is 1. The fourth-order valence-electron chi connectivity index (χ4n) is 13.9. The van der Waals surface area contributed by atoms with Gasteiger partial charge in [-0.1, -0.05) is 53.2 Å². The van der Waals surface area contributed by atoms with E-state index in [-0.39, 0.29) is 50.7 Å². The summed E-state index contributed by atoms with van der Waals surface area (Å²) in [6.07, 6.45) is 22.1. The molecule has 0 radical (unpaired) electrons. The van der Waals surface area contributed by atoms with Gasteiger partial charge in [0.1, 0.15) is 6.04 Å². The van der Waals surface area contributed by atoms with E-state index in [2.05, 4.69) is 77.1 Å². The maximum atomic E-state index is 14.4. The number of ether oxygens (including phenoxy) is 2. The van der Waals surface area contributed by atoms with Gasteiger partial charge in [-0.15, -0.1) is 0 Å². The maximum absolute atomic E-state index is 14.4. The molecule has 5 aliphatic carbocycles. The van der Waals surface area contributed by atoms with Crippen molar-refractivity contribution in [3.8, 4) is 0 Å². The van der Waals surface area contributed by atoms with Crippen molar-refractivity contribution in [2.45, 2.75) is 169 Å². The first kappa shape index (κ1) is 37.5. The molecule has 53 heavy (non-hydrogen) atoms. The zero-order valence-corrected chi connectivity index (χ0v) is 34.2. The SMILES string of the molecule is CC1(C)CC[C@]2(NC(=O)N3CCC[C@H]3C(=O)NCCCn3ccnc3)CC[C@]3(C)C(=CC[C@@H]4[C@@]5(C)CC[C@@H]6OC(C)(C)OC[C@@]6(C)[C@@H]5CC[C@]43C)[C@@H]2C1. The van der Waals surface area contributed by atoms with Crippen LogP contribution < -0.4 is 10.6 Å². The van der Waals surface area contributed by atoms with Crippen LogP contribution in [0.5, 0.6) is 0 Å². The number of aryl methyl sites for hydroxylation is 1. The number of rotatable bonds is 6. The fraction of sp³-hybridized carbons (Fsp3) is 0.841. The molecule has 9 heteroatoms. The third-order valence-corrected chi connectivity index (χ3v) is 17.2. The van der Waals surface area contributed by atoms with Crippen LogP contribution in [0.15, 0.2) is 30.4 Å². The van der Waals surface area contributed by atoms with Gasteiger partial charge < -0.3 is 29.6 Å². The zero-order valence-electron chi connectivity index (χ0n) is 34.2. The predicted octanol–water partition coefficient (Wildman–Crippen LogP) is 8.25. The average molecular weight is 732 g/mol. The van der Waals surface area contributed by atoms with Gasteiger partial charge in [0.2, 0.25) is 5.91 Å². The Bertz CT molecular complexity index is 1610. The first-order valence-electron chi connectivity index (χ1n) is 21.3. The number of hydrogen-bond donors (Lipinski definition) is 2. The van der Waals surface area contributed by atoms with Gasteiger partial charge in [-0.3, -0.25) is 4.79 Å². The molecule has 1 aromatic heterocycles. The van der Waals surface area contributed by atoms with Crippen molar-refractivity contribution in [3.63, 3.8) is 0 Å². The van der Waals surface area contributed by atoms with Crippen molar-refractivity contribution in [3.05, 3.63) is 30.4 Å². The Hall–Kier alpha value is -2.39. The molecule has 9 nitrogen and oxygen atoms in total. The number of fused-ring (bicyclic) bond motifs is 9. The topological polar surface area (TPSA) is 97.7 Å². The molecule has 2 saturated heterocycles. The average Bonchev–Trinajstić information content (AvgIpc) is 3.81. The number of nitrogens with zero attached hydrogens (tertiary/aromatic N) is 3. The molecule has 4 saturated carbocycles. The van der Waals surface area contributed by atoms with Crippen LogP contribution in [0, 0.1) is 44.8 Å². The van der Waals surface area contributed by atoms with Gasteiger partial charge in [0.15, 0.2) is 5.79 Å². The lowest BCUT2D eigenvalue weighted by Gasteiger charge is -2.72. The second-order valence-electron chi connectivity index (χ2n) is 20.9. The molecule has 3 heterocycles. The summed E-state index contributed by atoms with van der Waals surface area (Å²) in [5, 5.41) is 6.88. The normalized spacial score (nSPS) is 44.0. The Morgan fingerprint density at radius 3 is 2.49 bits per heavy atom. The minimum atomic E-state index is -0.502. The summed E-state index contributed by atoms with van der Waals surface area (Å²) in [7, 11) is 0. The summed E-state index contributed by atoms with van der Waals surface area (Å²) < 4.78 is 15.1. The molecule has 2 N–H and O–H groups in total. The molecule has 294 valence electrons. The molecule has 2 aliphatic heterocycles. The van der Waals surface area contributed by atoms with Crippen LogP contribution in [0.2, 0.25) is 0 Å². The first-order chi connectivity index (χ1) is 25.0. The Labute approximate surface area is 319 Å². The number of carbonyl (C=O) groups is 2. The predicted molar refractivity (Wildman–Crippen MR) is 207 cm³/mol. The highest BCUT2D eigenvalue weighted by Crippen LogP contribution is 2.75. The molecule has 8 rings (SSSR count). The third kappa shape index (κ3) is 5.94. The van der Waals surface area contributed by atoms with Crippen molar-refractivity contribution in [1.82, 2.24) is 25.1 Å². The van der Waals surface area contributed by atoms with Crippen LogP contribution in [0.1, 0.15) is 139 Å². The molecule has 1 aromatic rings. The molecular weight excluding hydrogens is 663 g/mol. The van der Waals surface area contributed by atoms with E-state index in [1.165, 1.54) is 19.3 Å². The van der Waals surface area contributed by atoms with Crippen LogP contribution in [0.3, 0.4) is 0 Å². The van der Waals surface area contributed by atoms with Gasteiger partial charge in [-0.2, -0.15) is 0 Å². The summed E-state index contributed by atoms with van der Waals surface area (Å²) in [5.74, 6) is 0.982. The van der Waals surface area contributed by atoms with Crippen molar-refractivity contribution >= 4 is 11.9 Å². The van der Waals surface area contributed by atoms with E-state index in [0.29, 0.717) is 30.8 Å². The van der Waals surface area contributed by atoms with Crippen molar-refractivity contribution in [1.29, 1.82) is 0 Å². The maximum Gasteiger partial charge on any atom is 0.318 e. The van der Waals surface area contributed by atoms with Gasteiger partial charge in [-0.05, 0) is 131 Å². The Balaban J connectivity index is 1.02. The van der Waals surface area contributed by atoms with Gasteiger partial charge in [0, 0.05) is 48.9 Å². The summed E-state index contributed by atoms with van der Waals surface area (Å²) in [4.78, 5) is 33.8. The smallest absolute Gasteiger partial charge is 0.318 e. The van der Waals surface area contributed by atoms with Crippen molar-refractivity contribution < 1.29 is 19.1 Å². The van der Waals surface area contributed by atoms with E-state index >= 15 is 0 Å². The lowest BCUT2D eigenvalue weighted by molar-refractivity contribution is -0.351. The summed E-state index contributed by atoms with van der Waals surface area (Å²) >= 11 is 0. The Kier molecular flexibility index (Phi) is 9.08. The largest absolute Gasteiger partial charge is 0.354 e. The van der Waals surface area contributed by atoms with E-state index < -0.39 is 11.8 Å². The molecule has 0 spiro atoms. The van der Waals surface area contributed by atoms with Gasteiger partial charge in [-0.25, -0.2) is 9.78 Å². The van der Waals surface area contributed by atoms with Gasteiger partial charge in [0.25, 0.3) is 0 Å². The molecule has 3 amide bonds. The van der Waals surface area contributed by atoms with Crippen LogP contribution in [0.25, 0.3) is 0 Å². The lowest BCUT2D eigenvalue weighted by Crippen LogP contribution is -2.69. The molecular formula is C44H69N5O4. The number of hydrogen-bond acceptors (Lipinski definition) is 5. The van der Waals surface area contributed by atoms with E-state index in [1.54, 1.807) is 18.1 Å². The summed E-state index contributed by atoms with van der Waals surface area (Å²) in [6.45, 7) is 22.3. The second kappa shape index (κ2) is 12.8. The van der Waals surface area contributed by atoms with Gasteiger partial charge >= 0.3 is 6.03 Å². The minimum absolute atomic E-state index is 0.0191. The fourth-order valence-corrected chi connectivity index (χ4v) is 13.9. The summed E-state index contributed by atoms with van der Waals surface area (Å²) in [5.41, 5.74) is 2.13. The Morgan fingerprint density at radius 2 is 1.72 bits per heavy atom. The molecule has 10 atom stereocenters. The van der Waals surface area contributed by atoms with E-state index in [1.807, 2.05) is 15.7 Å². The van der Waals surface area contributed by atoms with Crippen LogP contribution in [0.4, 0.5) is 4.79 Å². The molecule has 6 fully saturated rings. The number of aromatic nitrogens is 2. The number of nitrogens with one attached hydrogen (secondary N) is 2. The number of allylic oxidation sites excluding steroid dienone is 1. The number of imidazole rings is 1. The number of amides is 3. The van der Waals surface area contributed by atoms with Crippen LogP contribution >= 0.6 is 0 Å². The first-order valence-corrected chi connectivity index (χ1v) is 21.3. The van der Waals surface area contributed by atoms with Crippen molar-refractivity contribution in [2.75, 3.05) is 19.7 Å². The highest BCUT2D eigenvalue weighted by Gasteiger charge is 2.70. The number of carbonyl (C=O) groups excluding carboxylic acids is 2. The molecule has 0 unspecified atom stereocenters. The Morgan fingerprint density at radius 1 is 0.925 bits per heavy atom. The lowest BCUT2D eigenvalue weighted by atomic mass is 9.34. The van der Waals surface area contributed by atoms with E-state index in [0.717, 1.165) is 77.4 Å². The highest BCUT2D eigenvalue weighted by atomic mass is 16.7. The number of likely N-dealkylation sites (tertiary alicyclic amines) is 1. The molecule has 0 bridgehead atoms. The minimum Gasteiger partial charge on any atom is -0.354 e. The second-order valence-corrected chi connectivity index (χ2v) is 20.9. The third-order valence-electron chi connectivity index (χ3n) is 17.2. The summed E-state index contributed by atoms with van der Waals surface area (Å²) in [6, 6.07) is -0.438. The van der Waals surface area contributed by atoms with Crippen molar-refractivity contribution in [2.24, 2.45) is 44.8 Å². The van der Waals surface area contributed by atoms with E-state index in [9.17, 15) is 9.59 Å². The highest BCUT2D eigenvalue weighted by molar-refractivity contribution is 5.88. The van der Waals surface area contributed by atoms with E-state index in [4.69, 9.17) is 9.47 Å². The van der Waals surface area contributed by atoms with Crippen LogP contribution in [-0.4, -0.2) is 69.6 Å². The zero-order chi connectivity index (χ0) is 37.7. The molecule has 0 aromatic carbocycles. The standard InChI is InChI=1S/C44H69N5O4/c1-38(2)18-20-44(47-37(51)49-25-9-11-32(49)36(50)46-22-10-24-48-26-23-45-29-48)21-19-42(7)30(31(44)27-38)12-13-34-40(5)16-15-35-41(6,28-52-39(3,4)53-35)33(40)14-17-43(34,42)8/h12,23,26,29,31-35H,9-11,13-22,24-25,27-28H2,1-8H3,(H,46,50)(H,47,51)/t31-,32-,33+,34+,35-,40-,41-,42+,43+,44-/m0/s1.